The van der Waals surface area contributed by atoms with E-state index in [2.05, 4.69) is 26.1 Å². The lowest BCUT2D eigenvalue weighted by molar-refractivity contribution is 0.229. The summed E-state index contributed by atoms with van der Waals surface area (Å²) in [6, 6.07) is 8.52. The fraction of sp³-hybridized carbons (Fsp3) is 0.471. The number of nitrogens with one attached hydrogen (secondary N) is 1. The molecule has 1 N–H and O–H groups in total. The molecule has 0 radical (unpaired) electrons. The van der Waals surface area contributed by atoms with Gasteiger partial charge in [0, 0.05) is 37.9 Å². The molecule has 24 heavy (non-hydrogen) atoms. The summed E-state index contributed by atoms with van der Waals surface area (Å²) in [6.45, 7) is 6.05. The van der Waals surface area contributed by atoms with E-state index >= 15 is 0 Å². The third-order valence-electron chi connectivity index (χ3n) is 4.29. The summed E-state index contributed by atoms with van der Waals surface area (Å²) in [6.07, 6.45) is 4.86. The Kier molecular flexibility index (Phi) is 5.33. The van der Waals surface area contributed by atoms with Crippen molar-refractivity contribution in [3.8, 4) is 0 Å². The molecule has 1 atom stereocenters. The van der Waals surface area contributed by atoms with Crippen LogP contribution in [0.3, 0.4) is 0 Å². The van der Waals surface area contributed by atoms with Gasteiger partial charge in [-0.25, -0.2) is 18.1 Å². The highest BCUT2D eigenvalue weighted by molar-refractivity contribution is 7.89. The Morgan fingerprint density at radius 1 is 1.25 bits per heavy atom. The van der Waals surface area contributed by atoms with Crippen LogP contribution in [0.2, 0.25) is 0 Å². The Hall–Kier alpha value is -1.70. The first-order chi connectivity index (χ1) is 11.6. The standard InChI is InChI=1S/C17H24N4O2S/c1-2-9-20-12-15(13-21-10-8-18-17(21)14-20)11-19-24(22,23)16-6-4-3-5-7-16/h3-8,10,15,19H,2,9,11-14H2,1H3/t15-/m0/s1. The van der Waals surface area contributed by atoms with Gasteiger partial charge in [-0.2, -0.15) is 0 Å². The van der Waals surface area contributed by atoms with Crippen molar-refractivity contribution >= 4 is 10.0 Å². The number of rotatable bonds is 6. The third kappa shape index (κ3) is 4.03. The van der Waals surface area contributed by atoms with Crippen molar-refractivity contribution in [2.24, 2.45) is 5.92 Å². The zero-order chi connectivity index (χ0) is 17.0. The van der Waals surface area contributed by atoms with Crippen LogP contribution in [0.5, 0.6) is 0 Å². The number of nitrogens with zero attached hydrogens (tertiary/aromatic N) is 3. The van der Waals surface area contributed by atoms with E-state index in [0.717, 1.165) is 38.4 Å². The van der Waals surface area contributed by atoms with Crippen molar-refractivity contribution in [3.63, 3.8) is 0 Å². The summed E-state index contributed by atoms with van der Waals surface area (Å²) in [4.78, 5) is 7.09. The van der Waals surface area contributed by atoms with Gasteiger partial charge in [-0.3, -0.25) is 4.90 Å². The first-order valence-corrected chi connectivity index (χ1v) is 9.84. The molecule has 0 aliphatic carbocycles. The maximum absolute atomic E-state index is 12.4. The molecule has 1 aromatic heterocycles. The van der Waals surface area contributed by atoms with Crippen LogP contribution in [0.25, 0.3) is 0 Å². The first kappa shape index (κ1) is 17.1. The second-order valence-electron chi connectivity index (χ2n) is 6.26. The van der Waals surface area contributed by atoms with Gasteiger partial charge in [0.25, 0.3) is 0 Å². The average Bonchev–Trinajstić information content (AvgIpc) is 2.93. The molecule has 7 heteroatoms. The number of imidazole rings is 1. The summed E-state index contributed by atoms with van der Waals surface area (Å²) in [5.41, 5.74) is 0. The van der Waals surface area contributed by atoms with Crippen LogP contribution < -0.4 is 4.72 Å². The van der Waals surface area contributed by atoms with Gasteiger partial charge in [-0.1, -0.05) is 25.1 Å². The lowest BCUT2D eigenvalue weighted by Gasteiger charge is -2.23. The van der Waals surface area contributed by atoms with E-state index in [-0.39, 0.29) is 5.92 Å². The van der Waals surface area contributed by atoms with Crippen molar-refractivity contribution in [1.29, 1.82) is 0 Å². The Morgan fingerprint density at radius 2 is 2.04 bits per heavy atom. The molecule has 2 aromatic rings. The number of hydrogen-bond acceptors (Lipinski definition) is 4. The van der Waals surface area contributed by atoms with Crippen molar-refractivity contribution in [2.75, 3.05) is 19.6 Å². The largest absolute Gasteiger partial charge is 0.333 e. The summed E-state index contributed by atoms with van der Waals surface area (Å²) in [5.74, 6) is 1.27. The maximum Gasteiger partial charge on any atom is 0.240 e. The molecule has 0 saturated carbocycles. The average molecular weight is 348 g/mol. The van der Waals surface area contributed by atoms with Crippen molar-refractivity contribution in [3.05, 3.63) is 48.5 Å². The Morgan fingerprint density at radius 3 is 2.79 bits per heavy atom. The smallest absolute Gasteiger partial charge is 0.240 e. The Balaban J connectivity index is 1.70. The second kappa shape index (κ2) is 7.46. The summed E-state index contributed by atoms with van der Waals surface area (Å²) < 4.78 is 29.7. The third-order valence-corrected chi connectivity index (χ3v) is 5.73. The van der Waals surface area contributed by atoms with Crippen molar-refractivity contribution in [2.45, 2.75) is 31.3 Å². The number of hydrogen-bond donors (Lipinski definition) is 1. The van der Waals surface area contributed by atoms with E-state index < -0.39 is 10.0 Å². The lowest BCUT2D eigenvalue weighted by atomic mass is 10.1. The van der Waals surface area contributed by atoms with E-state index in [4.69, 9.17) is 0 Å². The molecule has 2 heterocycles. The van der Waals surface area contributed by atoms with Gasteiger partial charge in [0.2, 0.25) is 10.0 Å². The number of aromatic nitrogens is 2. The van der Waals surface area contributed by atoms with Crippen LogP contribution in [-0.2, 0) is 23.1 Å². The van der Waals surface area contributed by atoms with Crippen LogP contribution in [0, 0.1) is 5.92 Å². The minimum Gasteiger partial charge on any atom is -0.333 e. The molecule has 1 aliphatic heterocycles. The molecule has 0 saturated heterocycles. The number of fused-ring (bicyclic) bond motifs is 1. The molecule has 1 aliphatic rings. The van der Waals surface area contributed by atoms with E-state index in [1.54, 1.807) is 24.3 Å². The van der Waals surface area contributed by atoms with Gasteiger partial charge < -0.3 is 4.57 Å². The first-order valence-electron chi connectivity index (χ1n) is 8.35. The number of sulfonamides is 1. The highest BCUT2D eigenvalue weighted by Gasteiger charge is 2.23. The molecule has 3 rings (SSSR count). The zero-order valence-corrected chi connectivity index (χ0v) is 14.7. The molecule has 0 bridgehead atoms. The summed E-state index contributed by atoms with van der Waals surface area (Å²) >= 11 is 0. The topological polar surface area (TPSA) is 67.2 Å². The summed E-state index contributed by atoms with van der Waals surface area (Å²) in [7, 11) is -3.46. The van der Waals surface area contributed by atoms with Crippen LogP contribution in [0.4, 0.5) is 0 Å². The normalized spacial score (nSPS) is 19.0. The van der Waals surface area contributed by atoms with E-state index in [1.165, 1.54) is 0 Å². The molecule has 1 aromatic carbocycles. The minimum atomic E-state index is -3.46. The molecular weight excluding hydrogens is 324 g/mol. The highest BCUT2D eigenvalue weighted by atomic mass is 32.2. The molecule has 0 fully saturated rings. The fourth-order valence-corrected chi connectivity index (χ4v) is 4.29. The zero-order valence-electron chi connectivity index (χ0n) is 13.9. The summed E-state index contributed by atoms with van der Waals surface area (Å²) in [5, 5.41) is 0. The molecule has 0 spiro atoms. The molecular formula is C17H24N4O2S. The van der Waals surface area contributed by atoms with E-state index in [9.17, 15) is 8.42 Å². The predicted octanol–water partition coefficient (Wildman–Crippen LogP) is 1.70. The molecule has 0 unspecified atom stereocenters. The minimum absolute atomic E-state index is 0.213. The van der Waals surface area contributed by atoms with Gasteiger partial charge in [-0.15, -0.1) is 0 Å². The maximum atomic E-state index is 12.4. The van der Waals surface area contributed by atoms with Crippen LogP contribution in [0.15, 0.2) is 47.6 Å². The van der Waals surface area contributed by atoms with Gasteiger partial charge in [-0.05, 0) is 25.1 Å². The lowest BCUT2D eigenvalue weighted by Crippen LogP contribution is -2.36. The van der Waals surface area contributed by atoms with Gasteiger partial charge in [0.1, 0.15) is 5.82 Å². The quantitative estimate of drug-likeness (QED) is 0.863. The Bertz CT molecular complexity index is 758. The monoisotopic (exact) mass is 348 g/mol. The molecule has 0 amide bonds. The van der Waals surface area contributed by atoms with Crippen LogP contribution in [-0.4, -0.2) is 42.5 Å². The van der Waals surface area contributed by atoms with E-state index in [0.29, 0.717) is 11.4 Å². The van der Waals surface area contributed by atoms with Crippen LogP contribution >= 0.6 is 0 Å². The second-order valence-corrected chi connectivity index (χ2v) is 8.03. The van der Waals surface area contributed by atoms with Gasteiger partial charge in [0.05, 0.1) is 11.4 Å². The van der Waals surface area contributed by atoms with Crippen molar-refractivity contribution < 1.29 is 8.42 Å². The molecule has 6 nitrogen and oxygen atoms in total. The molecule has 130 valence electrons. The highest BCUT2D eigenvalue weighted by Crippen LogP contribution is 2.16. The van der Waals surface area contributed by atoms with Gasteiger partial charge >= 0.3 is 0 Å². The van der Waals surface area contributed by atoms with Crippen molar-refractivity contribution in [1.82, 2.24) is 19.2 Å². The van der Waals surface area contributed by atoms with E-state index in [1.807, 2.05) is 18.5 Å². The Labute approximate surface area is 143 Å². The number of benzene rings is 1. The van der Waals surface area contributed by atoms with Crippen LogP contribution in [0.1, 0.15) is 19.2 Å². The predicted molar refractivity (Wildman–Crippen MR) is 92.9 cm³/mol. The SMILES string of the molecule is CCCN1Cc2nccn2C[C@@H](CNS(=O)(=O)c2ccccc2)C1. The fourth-order valence-electron chi connectivity index (χ4n) is 3.15. The van der Waals surface area contributed by atoms with Gasteiger partial charge in [0.15, 0.2) is 0 Å².